The molecule has 3 rings (SSSR count). The molecular weight excluding hydrogens is 361 g/mol. The SMILES string of the molecule is CCCOc1ccc2c(=O)c(Oc3ccc(C)cc3)c(C(F)(F)F)oc2c1. The van der Waals surface area contributed by atoms with Crippen molar-refractivity contribution in [3.05, 3.63) is 64.0 Å². The molecule has 3 aromatic rings. The second kappa shape index (κ2) is 7.34. The van der Waals surface area contributed by atoms with Crippen molar-refractivity contribution in [1.29, 1.82) is 0 Å². The molecule has 0 spiro atoms. The summed E-state index contributed by atoms with van der Waals surface area (Å²) in [4.78, 5) is 12.7. The third-order valence-corrected chi connectivity index (χ3v) is 3.79. The molecule has 0 saturated carbocycles. The summed E-state index contributed by atoms with van der Waals surface area (Å²) in [5.41, 5.74) is -0.202. The van der Waals surface area contributed by atoms with E-state index < -0.39 is 23.1 Å². The molecule has 0 N–H and O–H groups in total. The quantitative estimate of drug-likeness (QED) is 0.571. The Morgan fingerprint density at radius 3 is 2.33 bits per heavy atom. The molecule has 1 aromatic heterocycles. The molecule has 0 unspecified atom stereocenters. The molecule has 1 heterocycles. The standard InChI is InChI=1S/C20H17F3O4/c1-3-10-25-14-8-9-15-16(11-14)27-19(20(21,22)23)18(17(15)24)26-13-6-4-12(2)5-7-13/h4-9,11H,3,10H2,1-2H3. The number of aryl methyl sites for hydroxylation is 1. The average Bonchev–Trinajstić information content (AvgIpc) is 2.62. The van der Waals surface area contributed by atoms with E-state index in [0.717, 1.165) is 12.0 Å². The Bertz CT molecular complexity index is 1000. The van der Waals surface area contributed by atoms with Crippen LogP contribution in [0.5, 0.6) is 17.2 Å². The van der Waals surface area contributed by atoms with Crippen LogP contribution in [0.3, 0.4) is 0 Å². The molecule has 0 saturated heterocycles. The van der Waals surface area contributed by atoms with E-state index in [4.69, 9.17) is 13.9 Å². The molecule has 0 amide bonds. The van der Waals surface area contributed by atoms with Crippen LogP contribution in [0.25, 0.3) is 11.0 Å². The van der Waals surface area contributed by atoms with Crippen LogP contribution in [0, 0.1) is 6.92 Å². The summed E-state index contributed by atoms with van der Waals surface area (Å²) >= 11 is 0. The van der Waals surface area contributed by atoms with Crippen LogP contribution >= 0.6 is 0 Å². The molecule has 0 atom stereocenters. The number of fused-ring (bicyclic) bond motifs is 1. The van der Waals surface area contributed by atoms with Gasteiger partial charge in [0.25, 0.3) is 5.76 Å². The van der Waals surface area contributed by atoms with Crippen molar-refractivity contribution in [3.8, 4) is 17.2 Å². The van der Waals surface area contributed by atoms with Crippen LogP contribution in [0.1, 0.15) is 24.7 Å². The van der Waals surface area contributed by atoms with Gasteiger partial charge in [-0.05, 0) is 37.6 Å². The summed E-state index contributed by atoms with van der Waals surface area (Å²) in [6, 6.07) is 10.5. The largest absolute Gasteiger partial charge is 0.493 e. The minimum atomic E-state index is -4.90. The first kappa shape index (κ1) is 18.8. The first-order valence-corrected chi connectivity index (χ1v) is 8.35. The maximum atomic E-state index is 13.5. The van der Waals surface area contributed by atoms with Crippen LogP contribution in [0.2, 0.25) is 0 Å². The van der Waals surface area contributed by atoms with E-state index in [1.165, 1.54) is 30.3 Å². The summed E-state index contributed by atoms with van der Waals surface area (Å²) in [7, 11) is 0. The predicted molar refractivity (Wildman–Crippen MR) is 94.5 cm³/mol. The van der Waals surface area contributed by atoms with Gasteiger partial charge in [-0.1, -0.05) is 24.6 Å². The predicted octanol–water partition coefficient (Wildman–Crippen LogP) is 5.70. The Morgan fingerprint density at radius 1 is 1.04 bits per heavy atom. The number of ether oxygens (including phenoxy) is 2. The lowest BCUT2D eigenvalue weighted by molar-refractivity contribution is -0.154. The smallest absolute Gasteiger partial charge is 0.453 e. The highest BCUT2D eigenvalue weighted by Gasteiger charge is 2.40. The fraction of sp³-hybridized carbons (Fsp3) is 0.250. The number of alkyl halides is 3. The molecule has 27 heavy (non-hydrogen) atoms. The fourth-order valence-electron chi connectivity index (χ4n) is 2.47. The first-order chi connectivity index (χ1) is 12.8. The van der Waals surface area contributed by atoms with Crippen molar-refractivity contribution in [2.75, 3.05) is 6.61 Å². The lowest BCUT2D eigenvalue weighted by atomic mass is 10.2. The monoisotopic (exact) mass is 378 g/mol. The zero-order chi connectivity index (χ0) is 19.6. The van der Waals surface area contributed by atoms with Crippen LogP contribution in [0.15, 0.2) is 51.7 Å². The summed E-state index contributed by atoms with van der Waals surface area (Å²) in [5.74, 6) is -1.93. The zero-order valence-corrected chi connectivity index (χ0v) is 14.7. The summed E-state index contributed by atoms with van der Waals surface area (Å²) in [5, 5.41) is -0.0195. The minimum Gasteiger partial charge on any atom is -0.493 e. The molecule has 0 radical (unpaired) electrons. The molecule has 142 valence electrons. The molecule has 2 aromatic carbocycles. The van der Waals surface area contributed by atoms with Gasteiger partial charge in [0.2, 0.25) is 11.2 Å². The topological polar surface area (TPSA) is 48.7 Å². The fourth-order valence-corrected chi connectivity index (χ4v) is 2.47. The number of hydrogen-bond donors (Lipinski definition) is 0. The van der Waals surface area contributed by atoms with Gasteiger partial charge in [-0.3, -0.25) is 4.79 Å². The summed E-state index contributed by atoms with van der Waals surface area (Å²) < 4.78 is 56.1. The van der Waals surface area contributed by atoms with Crippen LogP contribution < -0.4 is 14.9 Å². The van der Waals surface area contributed by atoms with Crippen molar-refractivity contribution in [2.24, 2.45) is 0 Å². The minimum absolute atomic E-state index is 0.0195. The second-order valence-corrected chi connectivity index (χ2v) is 6.01. The summed E-state index contributed by atoms with van der Waals surface area (Å²) in [6.45, 7) is 4.13. The maximum Gasteiger partial charge on any atom is 0.453 e. The van der Waals surface area contributed by atoms with E-state index >= 15 is 0 Å². The first-order valence-electron chi connectivity index (χ1n) is 8.35. The number of rotatable bonds is 5. The second-order valence-electron chi connectivity index (χ2n) is 6.01. The molecule has 0 aliphatic carbocycles. The highest BCUT2D eigenvalue weighted by atomic mass is 19.4. The van der Waals surface area contributed by atoms with Crippen molar-refractivity contribution in [2.45, 2.75) is 26.4 Å². The highest BCUT2D eigenvalue weighted by Crippen LogP contribution is 2.38. The van der Waals surface area contributed by atoms with E-state index in [1.807, 2.05) is 13.8 Å². The Morgan fingerprint density at radius 2 is 1.70 bits per heavy atom. The van der Waals surface area contributed by atoms with E-state index in [-0.39, 0.29) is 16.7 Å². The number of benzene rings is 2. The van der Waals surface area contributed by atoms with E-state index in [0.29, 0.717) is 12.4 Å². The Labute approximate surface area is 153 Å². The van der Waals surface area contributed by atoms with Gasteiger partial charge in [-0.25, -0.2) is 0 Å². The molecule has 4 nitrogen and oxygen atoms in total. The van der Waals surface area contributed by atoms with Crippen molar-refractivity contribution < 1.29 is 27.1 Å². The average molecular weight is 378 g/mol. The molecule has 0 aliphatic heterocycles. The van der Waals surface area contributed by atoms with Crippen molar-refractivity contribution in [1.82, 2.24) is 0 Å². The van der Waals surface area contributed by atoms with E-state index in [9.17, 15) is 18.0 Å². The molecule has 0 fully saturated rings. The molecule has 0 bridgehead atoms. The van der Waals surface area contributed by atoms with Crippen LogP contribution in [-0.2, 0) is 6.18 Å². The van der Waals surface area contributed by atoms with Gasteiger partial charge in [0.05, 0.1) is 12.0 Å². The van der Waals surface area contributed by atoms with Crippen molar-refractivity contribution in [3.63, 3.8) is 0 Å². The van der Waals surface area contributed by atoms with Gasteiger partial charge in [0.1, 0.15) is 17.1 Å². The van der Waals surface area contributed by atoms with Gasteiger partial charge < -0.3 is 13.9 Å². The number of hydrogen-bond acceptors (Lipinski definition) is 4. The van der Waals surface area contributed by atoms with Gasteiger partial charge in [-0.15, -0.1) is 0 Å². The molecule has 7 heteroatoms. The van der Waals surface area contributed by atoms with E-state index in [1.54, 1.807) is 12.1 Å². The Kier molecular flexibility index (Phi) is 5.12. The molecule has 0 aliphatic rings. The zero-order valence-electron chi connectivity index (χ0n) is 14.7. The van der Waals surface area contributed by atoms with Gasteiger partial charge >= 0.3 is 6.18 Å². The highest BCUT2D eigenvalue weighted by molar-refractivity contribution is 5.79. The van der Waals surface area contributed by atoms with Gasteiger partial charge in [-0.2, -0.15) is 13.2 Å². The van der Waals surface area contributed by atoms with Crippen molar-refractivity contribution >= 4 is 11.0 Å². The van der Waals surface area contributed by atoms with Crippen LogP contribution in [0.4, 0.5) is 13.2 Å². The molecular formula is C20H17F3O4. The maximum absolute atomic E-state index is 13.5. The lowest BCUT2D eigenvalue weighted by Gasteiger charge is -2.14. The third kappa shape index (κ3) is 4.07. The van der Waals surface area contributed by atoms with E-state index in [2.05, 4.69) is 0 Å². The normalized spacial score (nSPS) is 11.6. The van der Waals surface area contributed by atoms with Gasteiger partial charge in [0, 0.05) is 6.07 Å². The Hall–Kier alpha value is -2.96. The number of halogens is 3. The summed E-state index contributed by atoms with van der Waals surface area (Å²) in [6.07, 6.45) is -4.16. The lowest BCUT2D eigenvalue weighted by Crippen LogP contribution is -2.15. The Balaban J connectivity index is 2.14. The van der Waals surface area contributed by atoms with Gasteiger partial charge in [0.15, 0.2) is 0 Å². The third-order valence-electron chi connectivity index (χ3n) is 3.79. The van der Waals surface area contributed by atoms with Crippen LogP contribution in [-0.4, -0.2) is 6.61 Å².